The largest absolute Gasteiger partial charge is 0.494 e. The molecule has 2 nitrogen and oxygen atoms in total. The highest BCUT2D eigenvalue weighted by atomic mass is 35.5. The maximum Gasteiger partial charge on any atom is 0.121 e. The monoisotopic (exact) mass is 289 g/mol. The van der Waals surface area contributed by atoms with Crippen LogP contribution in [-0.4, -0.2) is 6.61 Å². The first-order chi connectivity index (χ1) is 9.78. The van der Waals surface area contributed by atoms with Crippen LogP contribution in [0.3, 0.4) is 0 Å². The van der Waals surface area contributed by atoms with Crippen molar-refractivity contribution < 1.29 is 4.74 Å². The Balaban J connectivity index is 1.89. The normalized spacial score (nSPS) is 10.3. The van der Waals surface area contributed by atoms with E-state index in [1.165, 1.54) is 5.56 Å². The first-order valence-electron chi connectivity index (χ1n) is 6.99. The van der Waals surface area contributed by atoms with Crippen molar-refractivity contribution in [1.82, 2.24) is 0 Å². The molecule has 2 aromatic carbocycles. The summed E-state index contributed by atoms with van der Waals surface area (Å²) in [6.45, 7) is 3.71. The molecule has 0 unspecified atom stereocenters. The maximum absolute atomic E-state index is 5.87. The predicted octanol–water partition coefficient (Wildman–Crippen LogP) is 5.13. The van der Waals surface area contributed by atoms with Gasteiger partial charge < -0.3 is 10.1 Å². The van der Waals surface area contributed by atoms with Crippen LogP contribution in [0.15, 0.2) is 48.5 Å². The summed E-state index contributed by atoms with van der Waals surface area (Å²) < 4.78 is 5.70. The van der Waals surface area contributed by atoms with Crippen LogP contribution in [0, 0.1) is 0 Å². The summed E-state index contributed by atoms with van der Waals surface area (Å²) in [6, 6.07) is 15.9. The second-order valence-electron chi connectivity index (χ2n) is 4.71. The number of benzene rings is 2. The Bertz CT molecular complexity index is 525. The van der Waals surface area contributed by atoms with E-state index in [4.69, 9.17) is 16.3 Å². The van der Waals surface area contributed by atoms with E-state index in [9.17, 15) is 0 Å². The third-order valence-electron chi connectivity index (χ3n) is 3.01. The fourth-order valence-electron chi connectivity index (χ4n) is 1.84. The Hall–Kier alpha value is -1.67. The van der Waals surface area contributed by atoms with E-state index < -0.39 is 0 Å². The number of halogens is 1. The van der Waals surface area contributed by atoms with Gasteiger partial charge in [0, 0.05) is 23.3 Å². The second-order valence-corrected chi connectivity index (χ2v) is 5.15. The summed E-state index contributed by atoms with van der Waals surface area (Å²) >= 11 is 5.87. The molecule has 0 spiro atoms. The van der Waals surface area contributed by atoms with Crippen molar-refractivity contribution in [2.24, 2.45) is 0 Å². The molecule has 0 fully saturated rings. The lowest BCUT2D eigenvalue weighted by molar-refractivity contribution is 0.309. The summed E-state index contributed by atoms with van der Waals surface area (Å²) in [5, 5.41) is 4.15. The highest BCUT2D eigenvalue weighted by Crippen LogP contribution is 2.19. The Morgan fingerprint density at radius 1 is 1.10 bits per heavy atom. The number of hydrogen-bond donors (Lipinski definition) is 1. The van der Waals surface area contributed by atoms with Crippen molar-refractivity contribution in [3.05, 3.63) is 59.1 Å². The third kappa shape index (κ3) is 4.78. The smallest absolute Gasteiger partial charge is 0.121 e. The minimum Gasteiger partial charge on any atom is -0.494 e. The molecule has 0 aliphatic rings. The number of hydrogen-bond acceptors (Lipinski definition) is 2. The number of nitrogens with one attached hydrogen (secondary N) is 1. The molecule has 0 aromatic heterocycles. The lowest BCUT2D eigenvalue weighted by Crippen LogP contribution is -2.00. The minimum absolute atomic E-state index is 0.764. The summed E-state index contributed by atoms with van der Waals surface area (Å²) in [6.07, 6.45) is 2.23. The molecule has 0 heterocycles. The molecule has 20 heavy (non-hydrogen) atoms. The Morgan fingerprint density at radius 2 is 1.90 bits per heavy atom. The van der Waals surface area contributed by atoms with Crippen LogP contribution in [0.5, 0.6) is 5.75 Å². The summed E-state index contributed by atoms with van der Waals surface area (Å²) in [5.41, 5.74) is 2.26. The van der Waals surface area contributed by atoms with Crippen LogP contribution in [0.2, 0.25) is 5.02 Å². The predicted molar refractivity (Wildman–Crippen MR) is 85.6 cm³/mol. The molecular weight excluding hydrogens is 270 g/mol. The van der Waals surface area contributed by atoms with Crippen molar-refractivity contribution in [2.75, 3.05) is 11.9 Å². The van der Waals surface area contributed by atoms with E-state index in [0.29, 0.717) is 0 Å². The Morgan fingerprint density at radius 3 is 2.65 bits per heavy atom. The number of ether oxygens (including phenoxy) is 1. The van der Waals surface area contributed by atoms with Crippen molar-refractivity contribution >= 4 is 17.3 Å². The van der Waals surface area contributed by atoms with Gasteiger partial charge in [0.2, 0.25) is 0 Å². The van der Waals surface area contributed by atoms with Gasteiger partial charge in [0.15, 0.2) is 0 Å². The standard InChI is InChI=1S/C17H20ClNO/c1-2-3-11-20-17-6-4-5-16(12-17)19-13-14-7-9-15(18)10-8-14/h4-10,12,19H,2-3,11,13H2,1H3. The van der Waals surface area contributed by atoms with Crippen LogP contribution >= 0.6 is 11.6 Å². The van der Waals surface area contributed by atoms with Gasteiger partial charge in [-0.2, -0.15) is 0 Å². The molecule has 0 aliphatic carbocycles. The fourth-order valence-corrected chi connectivity index (χ4v) is 1.96. The maximum atomic E-state index is 5.87. The van der Waals surface area contributed by atoms with Crippen molar-refractivity contribution in [2.45, 2.75) is 26.3 Å². The molecule has 0 aliphatic heterocycles. The quantitative estimate of drug-likeness (QED) is 0.713. The van der Waals surface area contributed by atoms with E-state index in [0.717, 1.165) is 42.5 Å². The summed E-state index contributed by atoms with van der Waals surface area (Å²) in [5.74, 6) is 0.916. The van der Waals surface area contributed by atoms with Gasteiger partial charge in [-0.05, 0) is 36.2 Å². The topological polar surface area (TPSA) is 21.3 Å². The lowest BCUT2D eigenvalue weighted by Gasteiger charge is -2.10. The minimum atomic E-state index is 0.764. The molecular formula is C17H20ClNO. The molecule has 1 N–H and O–H groups in total. The molecule has 0 bridgehead atoms. The van der Waals surface area contributed by atoms with E-state index in [2.05, 4.69) is 12.2 Å². The zero-order valence-corrected chi connectivity index (χ0v) is 12.5. The second kappa shape index (κ2) is 7.81. The Labute approximate surface area is 125 Å². The van der Waals surface area contributed by atoms with Gasteiger partial charge in [0.25, 0.3) is 0 Å². The zero-order valence-electron chi connectivity index (χ0n) is 11.7. The molecule has 0 saturated heterocycles. The summed E-state index contributed by atoms with van der Waals surface area (Å²) in [4.78, 5) is 0. The van der Waals surface area contributed by atoms with Gasteiger partial charge in [0.05, 0.1) is 6.61 Å². The molecule has 0 saturated carbocycles. The van der Waals surface area contributed by atoms with Gasteiger partial charge in [-0.1, -0.05) is 43.1 Å². The van der Waals surface area contributed by atoms with Gasteiger partial charge in [-0.15, -0.1) is 0 Å². The number of unbranched alkanes of at least 4 members (excludes halogenated alkanes) is 1. The van der Waals surface area contributed by atoms with E-state index in [1.807, 2.05) is 48.5 Å². The fraction of sp³-hybridized carbons (Fsp3) is 0.294. The number of rotatable bonds is 7. The van der Waals surface area contributed by atoms with Gasteiger partial charge >= 0.3 is 0 Å². The van der Waals surface area contributed by atoms with Gasteiger partial charge in [-0.3, -0.25) is 0 Å². The van der Waals surface area contributed by atoms with Crippen LogP contribution in [0.25, 0.3) is 0 Å². The molecule has 3 heteroatoms. The molecule has 0 radical (unpaired) electrons. The molecule has 2 aromatic rings. The van der Waals surface area contributed by atoms with Gasteiger partial charge in [0.1, 0.15) is 5.75 Å². The van der Waals surface area contributed by atoms with Gasteiger partial charge in [-0.25, -0.2) is 0 Å². The average Bonchev–Trinajstić information content (AvgIpc) is 2.47. The van der Waals surface area contributed by atoms with Crippen molar-refractivity contribution in [3.63, 3.8) is 0 Å². The molecule has 2 rings (SSSR count). The third-order valence-corrected chi connectivity index (χ3v) is 3.26. The van der Waals surface area contributed by atoms with Crippen LogP contribution in [0.4, 0.5) is 5.69 Å². The molecule has 0 atom stereocenters. The SMILES string of the molecule is CCCCOc1cccc(NCc2ccc(Cl)cc2)c1. The first kappa shape index (κ1) is 14.7. The summed E-state index contributed by atoms with van der Waals surface area (Å²) in [7, 11) is 0. The number of anilines is 1. The average molecular weight is 290 g/mol. The van der Waals surface area contributed by atoms with E-state index >= 15 is 0 Å². The first-order valence-corrected chi connectivity index (χ1v) is 7.37. The van der Waals surface area contributed by atoms with Crippen LogP contribution in [0.1, 0.15) is 25.3 Å². The Kier molecular flexibility index (Phi) is 5.75. The zero-order chi connectivity index (χ0) is 14.2. The van der Waals surface area contributed by atoms with Crippen molar-refractivity contribution in [3.8, 4) is 5.75 Å². The van der Waals surface area contributed by atoms with Crippen LogP contribution < -0.4 is 10.1 Å². The van der Waals surface area contributed by atoms with Crippen molar-refractivity contribution in [1.29, 1.82) is 0 Å². The van der Waals surface area contributed by atoms with E-state index in [1.54, 1.807) is 0 Å². The van der Waals surface area contributed by atoms with E-state index in [-0.39, 0.29) is 0 Å². The highest BCUT2D eigenvalue weighted by Gasteiger charge is 1.98. The lowest BCUT2D eigenvalue weighted by atomic mass is 10.2. The molecule has 0 amide bonds. The molecule has 106 valence electrons. The highest BCUT2D eigenvalue weighted by molar-refractivity contribution is 6.30. The van der Waals surface area contributed by atoms with Crippen LogP contribution in [-0.2, 0) is 6.54 Å².